The zero-order valence-corrected chi connectivity index (χ0v) is 32.9. The van der Waals surface area contributed by atoms with Gasteiger partial charge in [-0.1, -0.05) is 0 Å². The monoisotopic (exact) mass is 1010 g/mol. The number of rotatable bonds is 9. The van der Waals surface area contributed by atoms with E-state index >= 15 is 17.6 Å². The van der Waals surface area contributed by atoms with Crippen LogP contribution in [-0.4, -0.2) is 33.0 Å². The van der Waals surface area contributed by atoms with Gasteiger partial charge in [0.2, 0.25) is 34.8 Å². The van der Waals surface area contributed by atoms with Gasteiger partial charge in [0.15, 0.2) is 93.1 Å². The van der Waals surface area contributed by atoms with Crippen LogP contribution < -0.4 is 0 Å². The Morgan fingerprint density at radius 2 is 0.500 bits per heavy atom. The highest BCUT2D eigenvalue weighted by Crippen LogP contribution is 2.40. The van der Waals surface area contributed by atoms with Crippen LogP contribution in [0.2, 0.25) is 0 Å². The molecular weight excluding hydrogens is 996 g/mol. The van der Waals surface area contributed by atoms with Crippen molar-refractivity contribution in [2.75, 3.05) is 0 Å². The predicted molar refractivity (Wildman–Crippen MR) is 199 cm³/mol. The second-order valence-corrected chi connectivity index (χ2v) is 14.2. The predicted octanol–water partition coefficient (Wildman–Crippen LogP) is 11.8. The van der Waals surface area contributed by atoms with Gasteiger partial charge in [-0.3, -0.25) is 9.59 Å². The number of carbonyl (C=O) groups excluding carboxylic acids is 2. The third kappa shape index (κ3) is 7.31. The first-order chi connectivity index (χ1) is 32.9. The van der Waals surface area contributed by atoms with Crippen molar-refractivity contribution in [3.05, 3.63) is 221 Å². The van der Waals surface area contributed by atoms with E-state index in [1.165, 1.54) is 0 Å². The van der Waals surface area contributed by atoms with Crippen molar-refractivity contribution in [1.29, 1.82) is 0 Å². The molecule has 0 bridgehead atoms. The number of allylic oxidation sites excluding steroid dienone is 4. The molecule has 0 aliphatic carbocycles. The first-order valence-corrected chi connectivity index (χ1v) is 18.5. The van der Waals surface area contributed by atoms with Crippen LogP contribution in [0.3, 0.4) is 0 Å². The van der Waals surface area contributed by atoms with Gasteiger partial charge in [-0.2, -0.15) is 0 Å². The second-order valence-electron chi connectivity index (χ2n) is 14.2. The van der Waals surface area contributed by atoms with Gasteiger partial charge < -0.3 is 9.97 Å². The minimum absolute atomic E-state index is 0.524. The molecule has 2 aromatic heterocycles. The molecule has 2 N–H and O–H groups in total. The quantitative estimate of drug-likeness (QED) is 0.0654. The number of carbonyl (C=O) groups is 2. The fraction of sp³-hybridized carbons (Fsp3) is 0. The van der Waals surface area contributed by atoms with Gasteiger partial charge in [0.1, 0.15) is 11.1 Å². The summed E-state index contributed by atoms with van der Waals surface area (Å²) < 4.78 is 290. The number of aromatic nitrogens is 2. The number of aliphatic imine (C=N–C) groups is 2. The van der Waals surface area contributed by atoms with Crippen LogP contribution in [0.1, 0.15) is 54.6 Å². The Morgan fingerprint density at radius 1 is 0.286 bits per heavy atom. The molecule has 8 rings (SSSR count). The maximum absolute atomic E-state index is 15.5. The van der Waals surface area contributed by atoms with Gasteiger partial charge in [0.25, 0.3) is 0 Å². The molecule has 2 aliphatic heterocycles. The van der Waals surface area contributed by atoms with Gasteiger partial charge >= 0.3 is 0 Å². The van der Waals surface area contributed by atoms with Crippen LogP contribution >= 0.6 is 0 Å². The number of H-pyrrole nitrogens is 2. The van der Waals surface area contributed by atoms with Crippen LogP contribution in [0.15, 0.2) is 69.9 Å². The van der Waals surface area contributed by atoms with Crippen LogP contribution in [0.5, 0.6) is 0 Å². The number of aromatic amines is 2. The molecule has 0 amide bonds. The van der Waals surface area contributed by atoms with Gasteiger partial charge in [-0.05, 0) is 48.6 Å². The molecule has 0 radical (unpaired) electrons. The number of nitrogens with one attached hydrogen (secondary N) is 2. The van der Waals surface area contributed by atoms with Gasteiger partial charge in [0, 0.05) is 22.5 Å². The van der Waals surface area contributed by atoms with Crippen molar-refractivity contribution < 1.29 is 97.4 Å². The lowest BCUT2D eigenvalue weighted by molar-refractivity contribution is 0.101. The summed E-state index contributed by atoms with van der Waals surface area (Å²) in [7, 11) is 0. The number of halogens is 20. The van der Waals surface area contributed by atoms with E-state index in [1.807, 2.05) is 9.97 Å². The molecule has 26 heteroatoms. The zero-order valence-electron chi connectivity index (χ0n) is 32.9. The molecule has 0 saturated carbocycles. The molecule has 2 aliphatic rings. The second kappa shape index (κ2) is 17.3. The summed E-state index contributed by atoms with van der Waals surface area (Å²) >= 11 is 0. The summed E-state index contributed by atoms with van der Waals surface area (Å²) in [5.74, 6) is -56.1. The Morgan fingerprint density at radius 3 is 0.757 bits per heavy atom. The van der Waals surface area contributed by atoms with E-state index in [1.54, 1.807) is 0 Å². The Kier molecular flexibility index (Phi) is 11.9. The van der Waals surface area contributed by atoms with Crippen molar-refractivity contribution in [3.8, 4) is 0 Å². The maximum atomic E-state index is 15.5. The first kappa shape index (κ1) is 48.1. The van der Waals surface area contributed by atoms with E-state index in [4.69, 9.17) is 0 Å². The summed E-state index contributed by atoms with van der Waals surface area (Å²) in [4.78, 5) is 38.2. The summed E-state index contributed by atoms with van der Waals surface area (Å²) in [6, 6.07) is 2.26. The molecule has 70 heavy (non-hydrogen) atoms. The number of nitrogens with zero attached hydrogens (tertiary/aromatic N) is 2. The van der Waals surface area contributed by atoms with Crippen LogP contribution in [0, 0.1) is 116 Å². The van der Waals surface area contributed by atoms with Gasteiger partial charge in [-0.25, -0.2) is 97.8 Å². The fourth-order valence-corrected chi connectivity index (χ4v) is 6.96. The average Bonchev–Trinajstić information content (AvgIpc) is 4.20. The van der Waals surface area contributed by atoms with Crippen molar-refractivity contribution in [3.63, 3.8) is 0 Å². The maximum Gasteiger partial charge on any atom is 0.215 e. The minimum atomic E-state index is -2.69. The SMILES string of the molecule is O=C(c1ccc(/C(=C2/C=CC(C3=N/C(=C(\c4ccc(C(=O)c5c(F)c(F)c(F)c(F)c5F)[nH]4)c4c(F)c(F)c(F)c(F)c4F)C=C3)=N2)c2c(F)c(F)c(F)c(F)c2F)[nH]1)c1c(F)c(F)c(F)c(F)c1F. The molecule has 0 atom stereocenters. The molecule has 0 fully saturated rings. The third-order valence-electron chi connectivity index (χ3n) is 10.2. The van der Waals surface area contributed by atoms with E-state index in [0.29, 0.717) is 24.3 Å². The molecule has 0 saturated heterocycles. The molecule has 0 spiro atoms. The smallest absolute Gasteiger partial charge is 0.215 e. The normalized spacial score (nSPS) is 14.8. The van der Waals surface area contributed by atoms with Crippen LogP contribution in [0.4, 0.5) is 87.8 Å². The minimum Gasteiger partial charge on any atom is -0.352 e. The molecule has 6 nitrogen and oxygen atoms in total. The van der Waals surface area contributed by atoms with Gasteiger partial charge in [-0.15, -0.1) is 0 Å². The number of hydrogen-bond acceptors (Lipinski definition) is 4. The number of benzene rings is 4. The van der Waals surface area contributed by atoms with Crippen molar-refractivity contribution in [1.82, 2.24) is 9.97 Å². The average molecular weight is 1010 g/mol. The Hall–Kier alpha value is -8.32. The molecule has 0 unspecified atom stereocenters. The number of ketones is 2. The van der Waals surface area contributed by atoms with E-state index in [-0.39, 0.29) is 0 Å². The highest BCUT2D eigenvalue weighted by Gasteiger charge is 2.36. The first-order valence-electron chi connectivity index (χ1n) is 18.5. The highest BCUT2D eigenvalue weighted by molar-refractivity contribution is 6.52. The zero-order chi connectivity index (χ0) is 51.3. The standard InChI is InChI=1S/C44H10F20N4O2/c45-23-19(24(46)32(54)39(61)31(23)53)17(13-5-7-15(67-13)43(69)21-27(49)35(57)41(63)36(58)28(21)50)11-3-1-9(65-11)10-2-4-12(66-10)18(20-25(47)33(55)40(62)34(56)26(20)48)14-6-8-16(68-14)44(70)22-29(51)37(59)42(64)38(60)30(22)52/h1-8,67-68H/b17-11+,18-12+. The third-order valence-corrected chi connectivity index (χ3v) is 10.2. The highest BCUT2D eigenvalue weighted by atomic mass is 19.2. The van der Waals surface area contributed by atoms with E-state index in [2.05, 4.69) is 9.98 Å². The molecule has 358 valence electrons. The van der Waals surface area contributed by atoms with Crippen LogP contribution in [0.25, 0.3) is 11.1 Å². The van der Waals surface area contributed by atoms with Crippen molar-refractivity contribution in [2.45, 2.75) is 0 Å². The lowest BCUT2D eigenvalue weighted by Gasteiger charge is -2.13. The Bertz CT molecular complexity index is 3250. The summed E-state index contributed by atoms with van der Waals surface area (Å²) in [5, 5.41) is 0. The lowest BCUT2D eigenvalue weighted by Crippen LogP contribution is -2.14. The van der Waals surface area contributed by atoms with E-state index < -0.39 is 207 Å². The summed E-state index contributed by atoms with van der Waals surface area (Å²) in [6.45, 7) is 0. The van der Waals surface area contributed by atoms with Crippen molar-refractivity contribution >= 4 is 34.1 Å². The Labute approximate surface area is 372 Å². The van der Waals surface area contributed by atoms with E-state index in [0.717, 1.165) is 24.3 Å². The summed E-state index contributed by atoms with van der Waals surface area (Å²) in [6.07, 6.45) is 3.20. The van der Waals surface area contributed by atoms with E-state index in [9.17, 15) is 79.8 Å². The Balaban J connectivity index is 1.30. The summed E-state index contributed by atoms with van der Waals surface area (Å²) in [5.41, 5.74) is -17.0. The van der Waals surface area contributed by atoms with Crippen LogP contribution in [-0.2, 0) is 0 Å². The van der Waals surface area contributed by atoms with Crippen molar-refractivity contribution in [2.24, 2.45) is 9.98 Å². The van der Waals surface area contributed by atoms with Gasteiger partial charge in [0.05, 0.1) is 45.3 Å². The molecule has 4 aromatic carbocycles. The topological polar surface area (TPSA) is 90.4 Å². The largest absolute Gasteiger partial charge is 0.352 e. The number of hydrogen-bond donors (Lipinski definition) is 2. The molecule has 4 heterocycles. The molecular formula is C44H10F20N4O2. The lowest BCUT2D eigenvalue weighted by atomic mass is 9.98. The molecule has 6 aromatic rings. The fourth-order valence-electron chi connectivity index (χ4n) is 6.96.